The highest BCUT2D eigenvalue weighted by molar-refractivity contribution is 5.00. The summed E-state index contributed by atoms with van der Waals surface area (Å²) in [7, 11) is 0. The molecule has 2 fully saturated rings. The van der Waals surface area contributed by atoms with E-state index in [2.05, 4.69) is 33.0 Å². The Kier molecular flexibility index (Phi) is 3.33. The van der Waals surface area contributed by atoms with Gasteiger partial charge in [0.15, 0.2) is 0 Å². The molecule has 1 aliphatic heterocycles. The molecule has 1 heterocycles. The van der Waals surface area contributed by atoms with Crippen LogP contribution in [-0.2, 0) is 4.74 Å². The van der Waals surface area contributed by atoms with Gasteiger partial charge in [-0.1, -0.05) is 6.92 Å². The van der Waals surface area contributed by atoms with E-state index in [9.17, 15) is 0 Å². The van der Waals surface area contributed by atoms with E-state index in [0.717, 1.165) is 19.1 Å². The summed E-state index contributed by atoms with van der Waals surface area (Å²) in [5.41, 5.74) is 0.632. The van der Waals surface area contributed by atoms with E-state index in [4.69, 9.17) is 4.74 Å². The first-order valence-corrected chi connectivity index (χ1v) is 6.83. The van der Waals surface area contributed by atoms with Gasteiger partial charge in [0.05, 0.1) is 6.10 Å². The van der Waals surface area contributed by atoms with Crippen LogP contribution in [-0.4, -0.2) is 24.8 Å². The van der Waals surface area contributed by atoms with E-state index < -0.39 is 0 Å². The third kappa shape index (κ3) is 2.60. The topological polar surface area (TPSA) is 21.3 Å². The molecule has 0 aromatic carbocycles. The summed E-state index contributed by atoms with van der Waals surface area (Å²) in [6, 6.07) is 0. The smallest absolute Gasteiger partial charge is 0.0672 e. The summed E-state index contributed by atoms with van der Waals surface area (Å²) in [5, 5.41) is 3.69. The molecule has 0 aromatic rings. The first-order valence-electron chi connectivity index (χ1n) is 6.83. The molecule has 0 spiro atoms. The molecule has 2 rings (SSSR count). The SMILES string of the molecule is CCC1(CNC(C)(C)C)CCOC1C1CC1. The van der Waals surface area contributed by atoms with Crippen molar-refractivity contribution >= 4 is 0 Å². The van der Waals surface area contributed by atoms with E-state index in [0.29, 0.717) is 11.5 Å². The summed E-state index contributed by atoms with van der Waals surface area (Å²) in [5.74, 6) is 0.865. The van der Waals surface area contributed by atoms with Crippen molar-refractivity contribution in [1.29, 1.82) is 0 Å². The summed E-state index contributed by atoms with van der Waals surface area (Å²) >= 11 is 0. The molecular formula is C14H27NO. The Morgan fingerprint density at radius 2 is 2.00 bits per heavy atom. The Balaban J connectivity index is 1.99. The van der Waals surface area contributed by atoms with Crippen molar-refractivity contribution in [2.75, 3.05) is 13.2 Å². The van der Waals surface area contributed by atoms with Crippen LogP contribution in [0.3, 0.4) is 0 Å². The average molecular weight is 225 g/mol. The van der Waals surface area contributed by atoms with Crippen molar-refractivity contribution in [3.63, 3.8) is 0 Å². The highest BCUT2D eigenvalue weighted by atomic mass is 16.5. The predicted molar refractivity (Wildman–Crippen MR) is 67.6 cm³/mol. The third-order valence-corrected chi connectivity index (χ3v) is 4.23. The zero-order valence-corrected chi connectivity index (χ0v) is 11.3. The monoisotopic (exact) mass is 225 g/mol. The molecule has 0 radical (unpaired) electrons. The highest BCUT2D eigenvalue weighted by Gasteiger charge is 2.49. The molecule has 1 N–H and O–H groups in total. The fourth-order valence-corrected chi connectivity index (χ4v) is 2.88. The Morgan fingerprint density at radius 1 is 1.31 bits per heavy atom. The highest BCUT2D eigenvalue weighted by Crippen LogP contribution is 2.49. The molecule has 16 heavy (non-hydrogen) atoms. The molecular weight excluding hydrogens is 198 g/mol. The van der Waals surface area contributed by atoms with Crippen molar-refractivity contribution in [2.45, 2.75) is 65.0 Å². The van der Waals surface area contributed by atoms with Crippen molar-refractivity contribution in [3.8, 4) is 0 Å². The van der Waals surface area contributed by atoms with Gasteiger partial charge < -0.3 is 10.1 Å². The molecule has 2 aliphatic rings. The van der Waals surface area contributed by atoms with Gasteiger partial charge in [0.25, 0.3) is 0 Å². The molecule has 2 unspecified atom stereocenters. The van der Waals surface area contributed by atoms with Gasteiger partial charge in [-0.2, -0.15) is 0 Å². The lowest BCUT2D eigenvalue weighted by molar-refractivity contribution is 0.0261. The zero-order valence-electron chi connectivity index (χ0n) is 11.3. The summed E-state index contributed by atoms with van der Waals surface area (Å²) < 4.78 is 6.01. The minimum atomic E-state index is 0.221. The molecule has 1 saturated heterocycles. The van der Waals surface area contributed by atoms with Crippen LogP contribution in [0.4, 0.5) is 0 Å². The van der Waals surface area contributed by atoms with Gasteiger partial charge in [-0.3, -0.25) is 0 Å². The molecule has 2 atom stereocenters. The van der Waals surface area contributed by atoms with E-state index in [1.54, 1.807) is 0 Å². The van der Waals surface area contributed by atoms with Crippen LogP contribution < -0.4 is 5.32 Å². The third-order valence-electron chi connectivity index (χ3n) is 4.23. The second-order valence-corrected chi connectivity index (χ2v) is 6.70. The maximum absolute atomic E-state index is 6.01. The molecule has 2 heteroatoms. The minimum Gasteiger partial charge on any atom is -0.377 e. The van der Waals surface area contributed by atoms with Gasteiger partial charge in [-0.05, 0) is 52.4 Å². The van der Waals surface area contributed by atoms with Crippen LogP contribution in [0.15, 0.2) is 0 Å². The largest absolute Gasteiger partial charge is 0.377 e. The van der Waals surface area contributed by atoms with Crippen LogP contribution in [0.25, 0.3) is 0 Å². The Morgan fingerprint density at radius 3 is 2.50 bits per heavy atom. The number of rotatable bonds is 4. The van der Waals surface area contributed by atoms with Crippen molar-refractivity contribution in [3.05, 3.63) is 0 Å². The fourth-order valence-electron chi connectivity index (χ4n) is 2.88. The molecule has 94 valence electrons. The maximum atomic E-state index is 6.01. The fraction of sp³-hybridized carbons (Fsp3) is 1.00. The quantitative estimate of drug-likeness (QED) is 0.794. The van der Waals surface area contributed by atoms with E-state index in [1.807, 2.05) is 0 Å². The lowest BCUT2D eigenvalue weighted by atomic mass is 9.76. The standard InChI is InChI=1S/C14H27NO/c1-5-14(10-15-13(2,3)4)8-9-16-12(14)11-6-7-11/h11-12,15H,5-10H2,1-4H3. The molecule has 2 nitrogen and oxygen atoms in total. The Hall–Kier alpha value is -0.0800. The molecule has 0 bridgehead atoms. The van der Waals surface area contributed by atoms with Crippen LogP contribution in [0, 0.1) is 11.3 Å². The number of hydrogen-bond donors (Lipinski definition) is 1. The number of ether oxygens (including phenoxy) is 1. The molecule has 1 saturated carbocycles. The zero-order chi connectivity index (χ0) is 11.8. The molecule has 1 aliphatic carbocycles. The average Bonchev–Trinajstić information content (AvgIpc) is 2.95. The summed E-state index contributed by atoms with van der Waals surface area (Å²) in [6.45, 7) is 11.2. The maximum Gasteiger partial charge on any atom is 0.0672 e. The Labute approximate surface area is 100 Å². The van der Waals surface area contributed by atoms with Gasteiger partial charge in [0.1, 0.15) is 0 Å². The second kappa shape index (κ2) is 4.30. The van der Waals surface area contributed by atoms with Gasteiger partial charge in [0.2, 0.25) is 0 Å². The first kappa shape index (κ1) is 12.4. The summed E-state index contributed by atoms with van der Waals surface area (Å²) in [4.78, 5) is 0. The van der Waals surface area contributed by atoms with Gasteiger partial charge in [-0.25, -0.2) is 0 Å². The van der Waals surface area contributed by atoms with E-state index in [-0.39, 0.29) is 5.54 Å². The first-order chi connectivity index (χ1) is 7.47. The van der Waals surface area contributed by atoms with Crippen molar-refractivity contribution < 1.29 is 4.74 Å². The molecule has 0 amide bonds. The minimum absolute atomic E-state index is 0.221. The van der Waals surface area contributed by atoms with Crippen LogP contribution in [0.2, 0.25) is 0 Å². The van der Waals surface area contributed by atoms with E-state index in [1.165, 1.54) is 25.7 Å². The van der Waals surface area contributed by atoms with Crippen molar-refractivity contribution in [1.82, 2.24) is 5.32 Å². The predicted octanol–water partition coefficient (Wildman–Crippen LogP) is 2.97. The summed E-state index contributed by atoms with van der Waals surface area (Å²) in [6.07, 6.45) is 5.81. The number of hydrogen-bond acceptors (Lipinski definition) is 2. The van der Waals surface area contributed by atoms with Gasteiger partial charge >= 0.3 is 0 Å². The van der Waals surface area contributed by atoms with Gasteiger partial charge in [-0.15, -0.1) is 0 Å². The second-order valence-electron chi connectivity index (χ2n) is 6.70. The van der Waals surface area contributed by atoms with E-state index >= 15 is 0 Å². The lowest BCUT2D eigenvalue weighted by Crippen LogP contribution is -2.47. The lowest BCUT2D eigenvalue weighted by Gasteiger charge is -2.36. The number of nitrogens with one attached hydrogen (secondary N) is 1. The van der Waals surface area contributed by atoms with Crippen molar-refractivity contribution in [2.24, 2.45) is 11.3 Å². The van der Waals surface area contributed by atoms with Crippen LogP contribution >= 0.6 is 0 Å². The van der Waals surface area contributed by atoms with Crippen LogP contribution in [0.5, 0.6) is 0 Å². The Bertz CT molecular complexity index is 242. The molecule has 0 aromatic heterocycles. The normalized spacial score (nSPS) is 35.6. The van der Waals surface area contributed by atoms with Crippen LogP contribution in [0.1, 0.15) is 53.4 Å². The van der Waals surface area contributed by atoms with Gasteiger partial charge in [0, 0.05) is 24.1 Å².